The number of nitrogens with two attached hydrogens (primary N) is 2. The van der Waals surface area contributed by atoms with E-state index in [1.165, 1.54) is 12.7 Å². The van der Waals surface area contributed by atoms with Crippen LogP contribution >= 0.6 is 6.72 Å². The maximum absolute atomic E-state index is 12.3. The normalized spacial score (nSPS) is 33.1. The van der Waals surface area contributed by atoms with Crippen molar-refractivity contribution < 1.29 is 23.4 Å². The van der Waals surface area contributed by atoms with Gasteiger partial charge in [-0.1, -0.05) is 6.42 Å². The van der Waals surface area contributed by atoms with E-state index < -0.39 is 24.6 Å². The van der Waals surface area contributed by atoms with Gasteiger partial charge in [-0.25, -0.2) is 19.9 Å². The molecule has 2 bridgehead atoms. The lowest BCUT2D eigenvalue weighted by Crippen LogP contribution is -2.25. The summed E-state index contributed by atoms with van der Waals surface area (Å²) in [5, 5.41) is 0. The summed E-state index contributed by atoms with van der Waals surface area (Å²) >= 11 is 5.40. The molecule has 18 heteroatoms. The molecular weight excluding hydrogens is 563 g/mol. The van der Waals surface area contributed by atoms with Crippen LogP contribution in [-0.2, 0) is 30.3 Å². The van der Waals surface area contributed by atoms with Crippen LogP contribution in [0.5, 0.6) is 0 Å². The largest absolute Gasteiger partial charge is 0.382 e. The zero-order valence-corrected chi connectivity index (χ0v) is 22.8. The molecule has 7 heterocycles. The monoisotopic (exact) mass is 590 g/mol. The number of anilines is 2. The third-order valence-electron chi connectivity index (χ3n) is 7.70. The van der Waals surface area contributed by atoms with Gasteiger partial charge in [-0.2, -0.15) is 4.98 Å². The summed E-state index contributed by atoms with van der Waals surface area (Å²) in [5.74, 6) is 0.385. The molecule has 3 aliphatic heterocycles. The minimum absolute atomic E-state index is 0.0442. The Kier molecular flexibility index (Phi) is 6.34. The number of hydrogen-bond donors (Lipinski definition) is 4. The Bertz CT molecular complexity index is 1690. The molecule has 6 N–H and O–H groups in total. The molecule has 3 saturated heterocycles. The summed E-state index contributed by atoms with van der Waals surface area (Å²) in [6, 6.07) is 0. The van der Waals surface area contributed by atoms with E-state index in [-0.39, 0.29) is 48.1 Å². The molecule has 16 nitrogen and oxygen atoms in total. The number of imidazole rings is 2. The summed E-state index contributed by atoms with van der Waals surface area (Å²) in [4.78, 5) is 46.9. The highest BCUT2D eigenvalue weighted by molar-refractivity contribution is 8.07. The lowest BCUT2D eigenvalue weighted by molar-refractivity contribution is -0.0398. The Balaban J connectivity index is 1.13. The number of ether oxygens (including phenoxy) is 2. The summed E-state index contributed by atoms with van der Waals surface area (Å²) in [6.07, 6.45) is 5.89. The molecular formula is C22H27N10O6PS. The lowest BCUT2D eigenvalue weighted by Gasteiger charge is -2.26. The number of nitrogens with one attached hydrogen (secondary N) is 1. The molecule has 40 heavy (non-hydrogen) atoms. The first-order valence-corrected chi connectivity index (χ1v) is 15.5. The molecule has 0 spiro atoms. The molecule has 3 fully saturated rings. The van der Waals surface area contributed by atoms with E-state index >= 15 is 0 Å². The fraction of sp³-hybridized carbons (Fsp3) is 0.545. The second kappa shape index (κ2) is 9.80. The second-order valence-electron chi connectivity index (χ2n) is 10.2. The fourth-order valence-electron chi connectivity index (χ4n) is 5.87. The smallest absolute Gasteiger partial charge is 0.325 e. The number of aromatic amines is 1. The van der Waals surface area contributed by atoms with E-state index in [9.17, 15) is 9.69 Å². The van der Waals surface area contributed by atoms with Gasteiger partial charge in [0.25, 0.3) is 5.56 Å². The van der Waals surface area contributed by atoms with Gasteiger partial charge in [-0.3, -0.25) is 18.9 Å². The predicted molar refractivity (Wildman–Crippen MR) is 144 cm³/mol. The van der Waals surface area contributed by atoms with Gasteiger partial charge in [0.05, 0.1) is 31.5 Å². The first-order valence-electron chi connectivity index (χ1n) is 12.9. The van der Waals surface area contributed by atoms with Crippen molar-refractivity contribution in [2.45, 2.75) is 62.9 Å². The number of H-pyrrole nitrogens is 1. The quantitative estimate of drug-likeness (QED) is 0.241. The van der Waals surface area contributed by atoms with E-state index in [1.54, 1.807) is 10.9 Å². The van der Waals surface area contributed by atoms with Crippen molar-refractivity contribution in [3.63, 3.8) is 0 Å². The molecule has 1 unspecified atom stereocenters. The first kappa shape index (κ1) is 25.9. The van der Waals surface area contributed by atoms with E-state index in [2.05, 4.69) is 29.9 Å². The fourth-order valence-corrected chi connectivity index (χ4v) is 7.31. The van der Waals surface area contributed by atoms with Crippen LogP contribution in [0.4, 0.5) is 11.8 Å². The molecule has 4 aromatic heterocycles. The maximum atomic E-state index is 12.3. The van der Waals surface area contributed by atoms with E-state index in [1.807, 2.05) is 4.57 Å². The lowest BCUT2D eigenvalue weighted by atomic mass is 9.93. The number of nitrogen functional groups attached to an aromatic ring is 2. The zero-order chi connectivity index (χ0) is 27.6. The standard InChI is InChI=1S/C22H27N10O6PS/c23-17-15-18(26-7-25-17)31(8-27-15)14-4-10-2-1-3-11-5-12(38-39(34,40)35-6-13(10)37-14)21(36-11)32-9-28-16-19(32)29-22(24)30-20(16)33/h7-14,21H,1-6H2,(H,34,40)(H2,23,25,26)(H3,24,29,30,33)/t10-,11+,12+,13+,14+,21+,39?/m0/s1. The van der Waals surface area contributed by atoms with Crippen molar-refractivity contribution >= 4 is 52.6 Å². The molecule has 0 amide bonds. The van der Waals surface area contributed by atoms with E-state index in [0.29, 0.717) is 29.8 Å². The van der Waals surface area contributed by atoms with Gasteiger partial charge in [0.2, 0.25) is 5.95 Å². The van der Waals surface area contributed by atoms with Gasteiger partial charge in [0, 0.05) is 6.42 Å². The average Bonchev–Trinajstić information content (AvgIpc) is 3.67. The first-order chi connectivity index (χ1) is 19.3. The van der Waals surface area contributed by atoms with Crippen molar-refractivity contribution in [3.8, 4) is 0 Å². The molecule has 0 radical (unpaired) electrons. The van der Waals surface area contributed by atoms with Crippen molar-refractivity contribution in [2.24, 2.45) is 5.92 Å². The minimum atomic E-state index is -3.71. The Hall–Kier alpha value is -3.05. The Labute approximate surface area is 231 Å². The molecule has 212 valence electrons. The van der Waals surface area contributed by atoms with Gasteiger partial charge in [0.1, 0.15) is 24.2 Å². The van der Waals surface area contributed by atoms with Crippen LogP contribution in [0.3, 0.4) is 0 Å². The third-order valence-corrected chi connectivity index (χ3v) is 9.29. The maximum Gasteiger partial charge on any atom is 0.325 e. The summed E-state index contributed by atoms with van der Waals surface area (Å²) < 4.78 is 28.0. The van der Waals surface area contributed by atoms with Crippen molar-refractivity contribution in [1.29, 1.82) is 0 Å². The molecule has 0 aliphatic carbocycles. The minimum Gasteiger partial charge on any atom is -0.382 e. The number of nitrogens with zero attached hydrogens (tertiary/aromatic N) is 7. The number of hydrogen-bond acceptors (Lipinski definition) is 13. The second-order valence-corrected chi connectivity index (χ2v) is 13.0. The van der Waals surface area contributed by atoms with Crippen LogP contribution in [0.2, 0.25) is 0 Å². The van der Waals surface area contributed by atoms with Crippen LogP contribution < -0.4 is 17.0 Å². The summed E-state index contributed by atoms with van der Waals surface area (Å²) in [6.45, 7) is -3.65. The van der Waals surface area contributed by atoms with E-state index in [4.69, 9.17) is 41.8 Å². The Morgan fingerprint density at radius 2 is 1.85 bits per heavy atom. The van der Waals surface area contributed by atoms with Gasteiger partial charge in [-0.05, 0) is 37.0 Å². The predicted octanol–water partition coefficient (Wildman–Crippen LogP) is 1.12. The van der Waals surface area contributed by atoms with Gasteiger partial charge in [0.15, 0.2) is 28.9 Å². The summed E-state index contributed by atoms with van der Waals surface area (Å²) in [5.41, 5.74) is 12.7. The zero-order valence-electron chi connectivity index (χ0n) is 21.1. The SMILES string of the molecule is Nc1nc2c(ncn2[C@@H]2O[C@@H]3CCC[C@H]4C[C@H](n5cnc6c(N)ncnc65)O[C@@H]4COP(O)(=S)O[C@@H]2C3)c(=O)[nH]1. The van der Waals surface area contributed by atoms with Gasteiger partial charge in [-0.15, -0.1) is 0 Å². The van der Waals surface area contributed by atoms with Crippen LogP contribution in [0.1, 0.15) is 44.6 Å². The third kappa shape index (κ3) is 4.56. The Morgan fingerprint density at radius 3 is 2.73 bits per heavy atom. The molecule has 4 aromatic rings. The number of aromatic nitrogens is 8. The van der Waals surface area contributed by atoms with Gasteiger partial charge >= 0.3 is 6.72 Å². The van der Waals surface area contributed by atoms with Crippen molar-refractivity contribution in [1.82, 2.24) is 39.0 Å². The highest BCUT2D eigenvalue weighted by Gasteiger charge is 2.44. The summed E-state index contributed by atoms with van der Waals surface area (Å²) in [7, 11) is 0. The van der Waals surface area contributed by atoms with Crippen molar-refractivity contribution in [2.75, 3.05) is 18.1 Å². The van der Waals surface area contributed by atoms with Crippen LogP contribution in [0.25, 0.3) is 22.3 Å². The van der Waals surface area contributed by atoms with Crippen LogP contribution in [0, 0.1) is 5.92 Å². The molecule has 0 aromatic carbocycles. The average molecular weight is 591 g/mol. The van der Waals surface area contributed by atoms with Crippen LogP contribution in [-0.4, -0.2) is 68.9 Å². The van der Waals surface area contributed by atoms with Crippen LogP contribution in [0.15, 0.2) is 23.8 Å². The Morgan fingerprint density at radius 1 is 1.02 bits per heavy atom. The number of rotatable bonds is 2. The molecule has 7 atom stereocenters. The molecule has 3 aliphatic rings. The topological polar surface area (TPSA) is 216 Å². The van der Waals surface area contributed by atoms with E-state index in [0.717, 1.165) is 19.3 Å². The molecule has 0 saturated carbocycles. The molecule has 7 rings (SSSR count). The highest BCUT2D eigenvalue weighted by Crippen LogP contribution is 2.51. The number of fused-ring (bicyclic) bond motifs is 5. The van der Waals surface area contributed by atoms with Gasteiger partial charge < -0.3 is 34.9 Å². The highest BCUT2D eigenvalue weighted by atomic mass is 32.5. The van der Waals surface area contributed by atoms with Crippen molar-refractivity contribution in [3.05, 3.63) is 29.3 Å².